The quantitative estimate of drug-likeness (QED) is 0.831. The summed E-state index contributed by atoms with van der Waals surface area (Å²) in [7, 11) is 1.86. The standard InChI is InChI=1S/C13H19FN2O/c1-15-7-11-6-12(14)2-3-13(11)16-5-4-10(8-16)9-17/h2-3,6,10,15,17H,4-5,7-9H2,1H3. The molecule has 1 heterocycles. The predicted molar refractivity (Wildman–Crippen MR) is 66.6 cm³/mol. The highest BCUT2D eigenvalue weighted by Crippen LogP contribution is 2.27. The van der Waals surface area contributed by atoms with E-state index in [2.05, 4.69) is 10.2 Å². The van der Waals surface area contributed by atoms with Crippen LogP contribution in [0.3, 0.4) is 0 Å². The molecule has 1 unspecified atom stereocenters. The minimum absolute atomic E-state index is 0.197. The second-order valence-corrected chi connectivity index (χ2v) is 4.59. The summed E-state index contributed by atoms with van der Waals surface area (Å²) in [6.07, 6.45) is 1.01. The van der Waals surface area contributed by atoms with Gasteiger partial charge in [-0.1, -0.05) is 0 Å². The summed E-state index contributed by atoms with van der Waals surface area (Å²) < 4.78 is 13.2. The number of anilines is 1. The summed E-state index contributed by atoms with van der Waals surface area (Å²) in [5.74, 6) is 0.152. The molecule has 4 heteroatoms. The zero-order valence-electron chi connectivity index (χ0n) is 10.1. The molecule has 0 amide bonds. The van der Waals surface area contributed by atoms with E-state index in [9.17, 15) is 4.39 Å². The molecule has 1 fully saturated rings. The van der Waals surface area contributed by atoms with Crippen molar-refractivity contribution >= 4 is 5.69 Å². The molecule has 2 N–H and O–H groups in total. The Morgan fingerprint density at radius 1 is 1.53 bits per heavy atom. The third-order valence-corrected chi connectivity index (χ3v) is 3.29. The average Bonchev–Trinajstić information content (AvgIpc) is 2.78. The predicted octanol–water partition coefficient (Wildman–Crippen LogP) is 1.36. The van der Waals surface area contributed by atoms with Crippen LogP contribution in [0.1, 0.15) is 12.0 Å². The summed E-state index contributed by atoms with van der Waals surface area (Å²) in [6, 6.07) is 4.92. The van der Waals surface area contributed by atoms with Crippen LogP contribution in [0.15, 0.2) is 18.2 Å². The molecule has 2 rings (SSSR count). The van der Waals surface area contributed by atoms with Gasteiger partial charge in [-0.15, -0.1) is 0 Å². The molecule has 1 aliphatic heterocycles. The number of nitrogens with one attached hydrogen (secondary N) is 1. The van der Waals surface area contributed by atoms with E-state index in [1.54, 1.807) is 6.07 Å². The number of nitrogens with zero attached hydrogens (tertiary/aromatic N) is 1. The van der Waals surface area contributed by atoms with Crippen LogP contribution in [0.4, 0.5) is 10.1 Å². The summed E-state index contributed by atoms with van der Waals surface area (Å²) in [5.41, 5.74) is 2.06. The maximum atomic E-state index is 13.2. The van der Waals surface area contributed by atoms with E-state index >= 15 is 0 Å². The van der Waals surface area contributed by atoms with Crippen molar-refractivity contribution in [2.75, 3.05) is 31.6 Å². The lowest BCUT2D eigenvalue weighted by atomic mass is 10.1. The van der Waals surface area contributed by atoms with Gasteiger partial charge in [0.1, 0.15) is 5.82 Å². The Morgan fingerprint density at radius 2 is 2.35 bits per heavy atom. The van der Waals surface area contributed by atoms with Gasteiger partial charge in [0.05, 0.1) is 0 Å². The first kappa shape index (κ1) is 12.3. The van der Waals surface area contributed by atoms with Gasteiger partial charge in [0.2, 0.25) is 0 Å². The minimum atomic E-state index is -0.197. The molecular weight excluding hydrogens is 219 g/mol. The van der Waals surface area contributed by atoms with Gasteiger partial charge in [0, 0.05) is 37.8 Å². The molecule has 1 atom stereocenters. The number of rotatable bonds is 4. The van der Waals surface area contributed by atoms with Crippen LogP contribution in [0.5, 0.6) is 0 Å². The number of hydrogen-bond donors (Lipinski definition) is 2. The highest BCUT2D eigenvalue weighted by molar-refractivity contribution is 5.54. The molecule has 1 aliphatic rings. The first-order chi connectivity index (χ1) is 8.24. The number of hydrogen-bond acceptors (Lipinski definition) is 3. The van der Waals surface area contributed by atoms with E-state index in [4.69, 9.17) is 5.11 Å². The van der Waals surface area contributed by atoms with Crippen molar-refractivity contribution in [3.05, 3.63) is 29.6 Å². The molecule has 0 aromatic heterocycles. The Bertz CT molecular complexity index is 384. The Kier molecular flexibility index (Phi) is 3.97. The van der Waals surface area contributed by atoms with Gasteiger partial charge in [-0.25, -0.2) is 4.39 Å². The molecular formula is C13H19FN2O. The van der Waals surface area contributed by atoms with E-state index in [-0.39, 0.29) is 12.4 Å². The fourth-order valence-corrected chi connectivity index (χ4v) is 2.40. The van der Waals surface area contributed by atoms with E-state index in [1.807, 2.05) is 13.1 Å². The summed E-state index contributed by atoms with van der Waals surface area (Å²) in [5, 5.41) is 12.2. The number of aliphatic hydroxyl groups is 1. The van der Waals surface area contributed by atoms with Crippen molar-refractivity contribution in [1.29, 1.82) is 0 Å². The van der Waals surface area contributed by atoms with Gasteiger partial charge in [0.15, 0.2) is 0 Å². The number of benzene rings is 1. The third-order valence-electron chi connectivity index (χ3n) is 3.29. The van der Waals surface area contributed by atoms with Gasteiger partial charge >= 0.3 is 0 Å². The molecule has 94 valence electrons. The molecule has 0 aliphatic carbocycles. The lowest BCUT2D eigenvalue weighted by molar-refractivity contribution is 0.238. The summed E-state index contributed by atoms with van der Waals surface area (Å²) >= 11 is 0. The van der Waals surface area contributed by atoms with Crippen molar-refractivity contribution in [2.45, 2.75) is 13.0 Å². The highest BCUT2D eigenvalue weighted by Gasteiger charge is 2.23. The summed E-state index contributed by atoms with van der Waals surface area (Å²) in [6.45, 7) is 2.69. The molecule has 0 bridgehead atoms. The van der Waals surface area contributed by atoms with Crippen molar-refractivity contribution in [3.8, 4) is 0 Å². The van der Waals surface area contributed by atoms with Crippen LogP contribution < -0.4 is 10.2 Å². The average molecular weight is 238 g/mol. The molecule has 1 saturated heterocycles. The first-order valence-electron chi connectivity index (χ1n) is 6.03. The monoisotopic (exact) mass is 238 g/mol. The van der Waals surface area contributed by atoms with Crippen molar-refractivity contribution in [1.82, 2.24) is 5.32 Å². The third kappa shape index (κ3) is 2.76. The second kappa shape index (κ2) is 5.47. The molecule has 17 heavy (non-hydrogen) atoms. The molecule has 1 aromatic rings. The fraction of sp³-hybridized carbons (Fsp3) is 0.538. The van der Waals surface area contributed by atoms with Crippen molar-refractivity contribution in [3.63, 3.8) is 0 Å². The Morgan fingerprint density at radius 3 is 3.00 bits per heavy atom. The molecule has 1 aromatic carbocycles. The zero-order chi connectivity index (χ0) is 12.3. The van der Waals surface area contributed by atoms with Crippen LogP contribution in [0.2, 0.25) is 0 Å². The van der Waals surface area contributed by atoms with Crippen molar-refractivity contribution < 1.29 is 9.50 Å². The van der Waals surface area contributed by atoms with Gasteiger partial charge in [-0.3, -0.25) is 0 Å². The van der Waals surface area contributed by atoms with Crippen LogP contribution in [-0.2, 0) is 6.54 Å². The van der Waals surface area contributed by atoms with Crippen LogP contribution in [-0.4, -0.2) is 31.9 Å². The Hall–Kier alpha value is -1.13. The fourth-order valence-electron chi connectivity index (χ4n) is 2.40. The Labute approximate surface area is 101 Å². The van der Waals surface area contributed by atoms with Crippen LogP contribution in [0.25, 0.3) is 0 Å². The molecule has 0 saturated carbocycles. The topological polar surface area (TPSA) is 35.5 Å². The maximum Gasteiger partial charge on any atom is 0.123 e. The maximum absolute atomic E-state index is 13.2. The van der Waals surface area contributed by atoms with Gasteiger partial charge in [-0.2, -0.15) is 0 Å². The number of aliphatic hydroxyl groups excluding tert-OH is 1. The molecule has 0 radical (unpaired) electrons. The Balaban J connectivity index is 2.19. The zero-order valence-corrected chi connectivity index (χ0v) is 10.1. The van der Waals surface area contributed by atoms with E-state index < -0.39 is 0 Å². The number of halogens is 1. The highest BCUT2D eigenvalue weighted by atomic mass is 19.1. The second-order valence-electron chi connectivity index (χ2n) is 4.59. The van der Waals surface area contributed by atoms with Gasteiger partial charge < -0.3 is 15.3 Å². The van der Waals surface area contributed by atoms with Gasteiger partial charge in [-0.05, 0) is 37.2 Å². The van der Waals surface area contributed by atoms with E-state index in [0.717, 1.165) is 30.8 Å². The smallest absolute Gasteiger partial charge is 0.123 e. The van der Waals surface area contributed by atoms with Crippen LogP contribution >= 0.6 is 0 Å². The molecule has 3 nitrogen and oxygen atoms in total. The van der Waals surface area contributed by atoms with Gasteiger partial charge in [0.25, 0.3) is 0 Å². The van der Waals surface area contributed by atoms with E-state index in [0.29, 0.717) is 12.5 Å². The summed E-state index contributed by atoms with van der Waals surface area (Å²) in [4.78, 5) is 2.23. The molecule has 0 spiro atoms. The lowest BCUT2D eigenvalue weighted by Gasteiger charge is -2.22. The first-order valence-corrected chi connectivity index (χ1v) is 6.03. The minimum Gasteiger partial charge on any atom is -0.396 e. The van der Waals surface area contributed by atoms with Crippen LogP contribution in [0, 0.1) is 11.7 Å². The SMILES string of the molecule is CNCc1cc(F)ccc1N1CCC(CO)C1. The lowest BCUT2D eigenvalue weighted by Crippen LogP contribution is -2.23. The normalized spacial score (nSPS) is 19.9. The largest absolute Gasteiger partial charge is 0.396 e. The van der Waals surface area contributed by atoms with E-state index in [1.165, 1.54) is 6.07 Å². The van der Waals surface area contributed by atoms with Crippen molar-refractivity contribution in [2.24, 2.45) is 5.92 Å².